The number of carbonyl (C=O) groups excluding carboxylic acids is 3. The van der Waals surface area contributed by atoms with E-state index in [9.17, 15) is 14.4 Å². The molecule has 2 atom stereocenters. The Morgan fingerprint density at radius 2 is 2.03 bits per heavy atom. The molecule has 0 radical (unpaired) electrons. The minimum absolute atomic E-state index is 0.0848. The molecule has 2 rings (SSSR count). The summed E-state index contributed by atoms with van der Waals surface area (Å²) in [6.45, 7) is 8.80. The van der Waals surface area contributed by atoms with Crippen LogP contribution in [0.1, 0.15) is 44.9 Å². The number of carbonyl (C=O) groups is 3. The van der Waals surface area contributed by atoms with Gasteiger partial charge in [-0.1, -0.05) is 20.8 Å². The van der Waals surface area contributed by atoms with Crippen LogP contribution < -0.4 is 16.4 Å². The third-order valence-electron chi connectivity index (χ3n) is 5.39. The summed E-state index contributed by atoms with van der Waals surface area (Å²) in [4.78, 5) is 43.0. The van der Waals surface area contributed by atoms with E-state index in [0.717, 1.165) is 6.42 Å². The van der Waals surface area contributed by atoms with Crippen LogP contribution in [0.4, 0.5) is 5.69 Å². The summed E-state index contributed by atoms with van der Waals surface area (Å²) >= 11 is 0. The van der Waals surface area contributed by atoms with Crippen molar-refractivity contribution in [3.63, 3.8) is 0 Å². The molecule has 0 spiro atoms. The van der Waals surface area contributed by atoms with Gasteiger partial charge in [-0.15, -0.1) is 0 Å². The van der Waals surface area contributed by atoms with Crippen molar-refractivity contribution in [1.29, 1.82) is 5.41 Å². The van der Waals surface area contributed by atoms with Gasteiger partial charge in [0.2, 0.25) is 11.8 Å². The number of ether oxygens (including phenoxy) is 1. The lowest BCUT2D eigenvalue weighted by Gasteiger charge is -2.27. The molecule has 1 aliphatic heterocycles. The smallest absolute Gasteiger partial charge is 0.267 e. The van der Waals surface area contributed by atoms with Gasteiger partial charge in [-0.05, 0) is 31.2 Å². The number of hydrogen-bond acceptors (Lipinski definition) is 7. The molecule has 10 heteroatoms. The number of likely N-dealkylation sites (tertiary alicyclic amines) is 1. The molecule has 1 fully saturated rings. The SMILES string of the molecule is CO[C@@H]1CCN(C(=O)CNc2cnc(C)cc2C(=N)C(N)=O)[C@@H]1C(=O)NCCC(C)(C)C. The quantitative estimate of drug-likeness (QED) is 0.413. The summed E-state index contributed by atoms with van der Waals surface area (Å²) in [6.07, 6.45) is 2.44. The topological polar surface area (TPSA) is 150 Å². The highest BCUT2D eigenvalue weighted by molar-refractivity contribution is 6.44. The standard InChI is InChI=1S/C22H34N6O4/c1-13-10-14(18(23)20(24)30)15(11-26-13)27-12-17(29)28-9-6-16(32-5)19(28)21(31)25-8-7-22(2,3)4/h10-11,16,19,23,27H,6-9,12H2,1-5H3,(H2,24,30)(H,25,31)/t16-,19+/m1/s1. The first kappa shape index (κ1) is 25.3. The molecule has 1 aromatic rings. The van der Waals surface area contributed by atoms with Crippen molar-refractivity contribution in [3.05, 3.63) is 23.5 Å². The second kappa shape index (κ2) is 10.5. The van der Waals surface area contributed by atoms with Crippen molar-refractivity contribution in [1.82, 2.24) is 15.2 Å². The normalized spacial score (nSPS) is 18.3. The molecule has 2 heterocycles. The molecule has 0 bridgehead atoms. The molecule has 0 aliphatic carbocycles. The maximum atomic E-state index is 13.0. The zero-order valence-corrected chi connectivity index (χ0v) is 19.4. The number of methoxy groups -OCH3 is 1. The molecule has 10 nitrogen and oxygen atoms in total. The summed E-state index contributed by atoms with van der Waals surface area (Å²) in [5.74, 6) is -1.41. The minimum atomic E-state index is -0.876. The second-order valence-electron chi connectivity index (χ2n) is 9.16. The van der Waals surface area contributed by atoms with Gasteiger partial charge in [-0.25, -0.2) is 0 Å². The maximum absolute atomic E-state index is 13.0. The van der Waals surface area contributed by atoms with Crippen molar-refractivity contribution in [2.75, 3.05) is 32.1 Å². The first-order valence-corrected chi connectivity index (χ1v) is 10.6. The van der Waals surface area contributed by atoms with E-state index >= 15 is 0 Å². The first-order chi connectivity index (χ1) is 14.9. The van der Waals surface area contributed by atoms with Gasteiger partial charge in [0.25, 0.3) is 5.91 Å². The molecule has 1 aliphatic rings. The van der Waals surface area contributed by atoms with E-state index in [1.807, 2.05) is 0 Å². The minimum Gasteiger partial charge on any atom is -0.379 e. The highest BCUT2D eigenvalue weighted by atomic mass is 16.5. The number of aryl methyl sites for hydroxylation is 1. The summed E-state index contributed by atoms with van der Waals surface area (Å²) in [6, 6.07) is 0.844. The van der Waals surface area contributed by atoms with Crippen LogP contribution in [0.25, 0.3) is 0 Å². The van der Waals surface area contributed by atoms with Crippen molar-refractivity contribution in [2.24, 2.45) is 11.1 Å². The highest BCUT2D eigenvalue weighted by Crippen LogP contribution is 2.23. The Morgan fingerprint density at radius 1 is 1.34 bits per heavy atom. The number of nitrogens with one attached hydrogen (secondary N) is 3. The number of anilines is 1. The number of hydrogen-bond donors (Lipinski definition) is 4. The third-order valence-corrected chi connectivity index (χ3v) is 5.39. The van der Waals surface area contributed by atoms with Gasteiger partial charge in [0.05, 0.1) is 24.5 Å². The summed E-state index contributed by atoms with van der Waals surface area (Å²) in [5.41, 5.74) is 6.18. The Labute approximate surface area is 188 Å². The Morgan fingerprint density at radius 3 is 2.62 bits per heavy atom. The van der Waals surface area contributed by atoms with E-state index in [0.29, 0.717) is 30.9 Å². The van der Waals surface area contributed by atoms with Crippen LogP contribution >= 0.6 is 0 Å². The number of primary amides is 1. The van der Waals surface area contributed by atoms with Crippen LogP contribution in [0.15, 0.2) is 12.3 Å². The van der Waals surface area contributed by atoms with Crippen LogP contribution in [0, 0.1) is 17.7 Å². The molecule has 176 valence electrons. The number of amides is 3. The number of aromatic nitrogens is 1. The summed E-state index contributed by atoms with van der Waals surface area (Å²) in [7, 11) is 1.53. The average molecular weight is 447 g/mol. The molecular formula is C22H34N6O4. The van der Waals surface area contributed by atoms with Crippen LogP contribution in [0.3, 0.4) is 0 Å². The maximum Gasteiger partial charge on any atom is 0.267 e. The zero-order chi connectivity index (χ0) is 24.1. The molecule has 0 aromatic carbocycles. The van der Waals surface area contributed by atoms with Gasteiger partial charge in [0.1, 0.15) is 11.8 Å². The van der Waals surface area contributed by atoms with Crippen molar-refractivity contribution in [2.45, 2.75) is 52.7 Å². The zero-order valence-electron chi connectivity index (χ0n) is 19.4. The Balaban J connectivity index is 2.09. The molecule has 3 amide bonds. The summed E-state index contributed by atoms with van der Waals surface area (Å²) in [5, 5.41) is 13.8. The first-order valence-electron chi connectivity index (χ1n) is 10.6. The second-order valence-corrected chi connectivity index (χ2v) is 9.16. The summed E-state index contributed by atoms with van der Waals surface area (Å²) < 4.78 is 5.46. The molecule has 0 unspecified atom stereocenters. The largest absolute Gasteiger partial charge is 0.379 e. The van der Waals surface area contributed by atoms with Crippen LogP contribution in [-0.2, 0) is 19.1 Å². The van der Waals surface area contributed by atoms with E-state index in [1.54, 1.807) is 13.0 Å². The number of rotatable bonds is 9. The monoisotopic (exact) mass is 446 g/mol. The Kier molecular flexibility index (Phi) is 8.31. The van der Waals surface area contributed by atoms with Crippen molar-refractivity contribution in [3.8, 4) is 0 Å². The van der Waals surface area contributed by atoms with E-state index < -0.39 is 11.9 Å². The third kappa shape index (κ3) is 6.49. The molecule has 32 heavy (non-hydrogen) atoms. The van der Waals surface area contributed by atoms with E-state index in [1.165, 1.54) is 18.2 Å². The van der Waals surface area contributed by atoms with E-state index in [-0.39, 0.29) is 41.2 Å². The predicted molar refractivity (Wildman–Crippen MR) is 121 cm³/mol. The molecule has 0 saturated carbocycles. The van der Waals surface area contributed by atoms with E-state index in [2.05, 4.69) is 36.4 Å². The highest BCUT2D eigenvalue weighted by Gasteiger charge is 2.41. The van der Waals surface area contributed by atoms with Gasteiger partial charge in [0.15, 0.2) is 0 Å². The van der Waals surface area contributed by atoms with Crippen LogP contribution in [-0.4, -0.2) is 72.2 Å². The Bertz CT molecular complexity index is 880. The molecule has 1 saturated heterocycles. The lowest BCUT2D eigenvalue weighted by molar-refractivity contribution is -0.139. The number of nitrogens with zero attached hydrogens (tertiary/aromatic N) is 2. The lowest BCUT2D eigenvalue weighted by atomic mass is 9.92. The van der Waals surface area contributed by atoms with Crippen LogP contribution in [0.2, 0.25) is 0 Å². The van der Waals surface area contributed by atoms with Crippen LogP contribution in [0.5, 0.6) is 0 Å². The van der Waals surface area contributed by atoms with Crippen molar-refractivity contribution < 1.29 is 19.1 Å². The number of nitrogens with two attached hydrogens (primary N) is 1. The molecule has 5 N–H and O–H groups in total. The van der Waals surface area contributed by atoms with Gasteiger partial charge >= 0.3 is 0 Å². The van der Waals surface area contributed by atoms with Gasteiger partial charge in [-0.2, -0.15) is 0 Å². The fourth-order valence-corrected chi connectivity index (χ4v) is 3.58. The Hall–Kier alpha value is -3.01. The number of pyridine rings is 1. The van der Waals surface area contributed by atoms with E-state index in [4.69, 9.17) is 15.9 Å². The lowest BCUT2D eigenvalue weighted by Crippen LogP contribution is -2.52. The van der Waals surface area contributed by atoms with Gasteiger partial charge in [-0.3, -0.25) is 24.8 Å². The fraction of sp³-hybridized carbons (Fsp3) is 0.591. The van der Waals surface area contributed by atoms with Gasteiger partial charge in [0, 0.05) is 31.5 Å². The fourth-order valence-electron chi connectivity index (χ4n) is 3.58. The van der Waals surface area contributed by atoms with Gasteiger partial charge < -0.3 is 26.0 Å². The predicted octanol–water partition coefficient (Wildman–Crippen LogP) is 0.823. The molecule has 1 aromatic heterocycles. The van der Waals surface area contributed by atoms with Crippen molar-refractivity contribution >= 4 is 29.1 Å². The molecular weight excluding hydrogens is 412 g/mol. The average Bonchev–Trinajstić information content (AvgIpc) is 3.15.